The number of rotatable bonds is 26. The van der Waals surface area contributed by atoms with Crippen LogP contribution in [0.25, 0.3) is 0 Å². The summed E-state index contributed by atoms with van der Waals surface area (Å²) in [6.45, 7) is 3.11. The predicted molar refractivity (Wildman–Crippen MR) is 153 cm³/mol. The maximum atomic E-state index is 12.0. The fourth-order valence-electron chi connectivity index (χ4n) is 3.83. The Hall–Kier alpha value is -0.0200. The molecule has 0 aliphatic carbocycles. The highest BCUT2D eigenvalue weighted by atomic mass is 35.5. The van der Waals surface area contributed by atoms with Crippen molar-refractivity contribution in [3.8, 4) is 0 Å². The van der Waals surface area contributed by atoms with Crippen LogP contribution in [0.2, 0.25) is 0 Å². The fraction of sp³-hybridized carbons (Fsp3) is 0.962. The number of carbonyl (C=O) groups excluding carboxylic acids is 1. The second-order valence-corrected chi connectivity index (χ2v) is 12.7. The van der Waals surface area contributed by atoms with E-state index in [0.717, 1.165) is 24.6 Å². The highest BCUT2D eigenvalue weighted by Crippen LogP contribution is 2.14. The number of thioether (sulfide) groups is 1. The number of unbranched alkanes of at least 4 members (excludes halogenated alkanes) is 15. The van der Waals surface area contributed by atoms with Crippen LogP contribution in [-0.4, -0.2) is 57.3 Å². The van der Waals surface area contributed by atoms with Crippen molar-refractivity contribution < 1.29 is 17.9 Å². The third kappa shape index (κ3) is 25.4. The van der Waals surface area contributed by atoms with Crippen LogP contribution in [0.3, 0.4) is 0 Å². The summed E-state index contributed by atoms with van der Waals surface area (Å²) >= 11 is 6.68. The SMILES string of the molecule is CCCCCCCCCCCCCCCCCCNC(=O)SCC(CNS(=O)(=O)CCCCl)OC. The first-order valence-corrected chi connectivity index (χ1v) is 17.1. The number of amides is 1. The molecule has 0 saturated heterocycles. The van der Waals surface area contributed by atoms with Crippen molar-refractivity contribution in [3.05, 3.63) is 0 Å². The van der Waals surface area contributed by atoms with Crippen LogP contribution in [-0.2, 0) is 14.8 Å². The van der Waals surface area contributed by atoms with Gasteiger partial charge in [0, 0.05) is 31.8 Å². The van der Waals surface area contributed by atoms with Gasteiger partial charge >= 0.3 is 0 Å². The Balaban J connectivity index is 3.49. The number of sulfonamides is 1. The molecule has 1 atom stereocenters. The minimum atomic E-state index is -3.35. The summed E-state index contributed by atoms with van der Waals surface area (Å²) in [7, 11) is -1.83. The topological polar surface area (TPSA) is 84.5 Å². The van der Waals surface area contributed by atoms with E-state index in [1.54, 1.807) is 0 Å². The number of carbonyl (C=O) groups is 1. The number of hydrogen-bond acceptors (Lipinski definition) is 5. The standard InChI is InChI=1S/C26H53ClN2O4S2/c1-3-4-5-6-7-8-9-10-11-12-13-14-15-16-17-18-21-28-26(30)34-24-25(33-2)23-29-35(31,32)22-19-20-27/h25,29H,3-24H2,1-2H3,(H,28,30). The van der Waals surface area contributed by atoms with Gasteiger partial charge in [0.25, 0.3) is 5.24 Å². The number of hydrogen-bond donors (Lipinski definition) is 2. The zero-order chi connectivity index (χ0) is 26.0. The van der Waals surface area contributed by atoms with E-state index in [9.17, 15) is 13.2 Å². The lowest BCUT2D eigenvalue weighted by Crippen LogP contribution is -2.36. The van der Waals surface area contributed by atoms with E-state index in [-0.39, 0.29) is 23.6 Å². The number of nitrogens with one attached hydrogen (secondary N) is 2. The van der Waals surface area contributed by atoms with Crippen molar-refractivity contribution in [2.45, 2.75) is 122 Å². The summed E-state index contributed by atoms with van der Waals surface area (Å²) in [6, 6.07) is 0. The third-order valence-electron chi connectivity index (χ3n) is 6.11. The van der Waals surface area contributed by atoms with Crippen LogP contribution < -0.4 is 10.0 Å². The van der Waals surface area contributed by atoms with Gasteiger partial charge in [0.2, 0.25) is 10.0 Å². The molecule has 0 fully saturated rings. The molecule has 35 heavy (non-hydrogen) atoms. The van der Waals surface area contributed by atoms with Gasteiger partial charge in [-0.2, -0.15) is 0 Å². The Kier molecular flexibility index (Phi) is 25.6. The molecule has 0 rings (SSSR count). The maximum Gasteiger partial charge on any atom is 0.279 e. The van der Waals surface area contributed by atoms with E-state index in [2.05, 4.69) is 17.0 Å². The first-order valence-electron chi connectivity index (χ1n) is 13.9. The van der Waals surface area contributed by atoms with Crippen LogP contribution in [0.5, 0.6) is 0 Å². The van der Waals surface area contributed by atoms with Crippen LogP contribution in [0, 0.1) is 0 Å². The van der Waals surface area contributed by atoms with Gasteiger partial charge in [-0.25, -0.2) is 13.1 Å². The number of ether oxygens (including phenoxy) is 1. The molecule has 0 bridgehead atoms. The molecule has 0 saturated carbocycles. The van der Waals surface area contributed by atoms with E-state index in [0.29, 0.717) is 24.6 Å². The molecule has 0 aromatic heterocycles. The van der Waals surface area contributed by atoms with Gasteiger partial charge in [0.15, 0.2) is 0 Å². The highest BCUT2D eigenvalue weighted by Gasteiger charge is 2.15. The molecular weight excluding hydrogens is 504 g/mol. The molecule has 1 unspecified atom stereocenters. The van der Waals surface area contributed by atoms with E-state index in [4.69, 9.17) is 16.3 Å². The van der Waals surface area contributed by atoms with Gasteiger partial charge in [-0.1, -0.05) is 115 Å². The summed E-state index contributed by atoms with van der Waals surface area (Å²) in [5.74, 6) is 0.712. The Bertz CT molecular complexity index is 580. The van der Waals surface area contributed by atoms with E-state index < -0.39 is 10.0 Å². The van der Waals surface area contributed by atoms with Crippen molar-refractivity contribution in [2.75, 3.05) is 37.6 Å². The van der Waals surface area contributed by atoms with Crippen molar-refractivity contribution in [1.82, 2.24) is 10.0 Å². The maximum absolute atomic E-state index is 12.0. The smallest absolute Gasteiger partial charge is 0.279 e. The predicted octanol–water partition coefficient (Wildman–Crippen LogP) is 7.25. The van der Waals surface area contributed by atoms with Crippen molar-refractivity contribution >= 4 is 38.6 Å². The Morgan fingerprint density at radius 3 is 1.77 bits per heavy atom. The van der Waals surface area contributed by atoms with Crippen LogP contribution >= 0.6 is 23.4 Å². The van der Waals surface area contributed by atoms with Crippen molar-refractivity contribution in [1.29, 1.82) is 0 Å². The summed E-state index contributed by atoms with van der Waals surface area (Å²) in [6.07, 6.45) is 21.4. The Labute approximate surface area is 225 Å². The Morgan fingerprint density at radius 2 is 1.31 bits per heavy atom. The fourth-order valence-corrected chi connectivity index (χ4v) is 6.03. The average molecular weight is 557 g/mol. The minimum absolute atomic E-state index is 0.000127. The third-order valence-corrected chi connectivity index (χ3v) is 8.76. The molecule has 210 valence electrons. The minimum Gasteiger partial charge on any atom is -0.379 e. The number of alkyl halides is 1. The normalized spacial score (nSPS) is 12.7. The van der Waals surface area contributed by atoms with Gasteiger partial charge in [-0.15, -0.1) is 11.6 Å². The summed E-state index contributed by atoms with van der Waals surface area (Å²) in [5, 5.41) is 2.84. The molecular formula is C26H53ClN2O4S2. The van der Waals surface area contributed by atoms with E-state index in [1.807, 2.05) is 0 Å². The molecule has 2 N–H and O–H groups in total. The van der Waals surface area contributed by atoms with Crippen molar-refractivity contribution in [2.24, 2.45) is 0 Å². The molecule has 1 amide bonds. The molecule has 0 spiro atoms. The molecule has 0 aromatic rings. The molecule has 0 aliphatic rings. The lowest BCUT2D eigenvalue weighted by atomic mass is 10.0. The van der Waals surface area contributed by atoms with Gasteiger partial charge in [0.05, 0.1) is 11.9 Å². The quantitative estimate of drug-likeness (QED) is 0.0865. The van der Waals surface area contributed by atoms with Gasteiger partial charge in [-0.05, 0) is 12.8 Å². The van der Waals surface area contributed by atoms with E-state index >= 15 is 0 Å². The second-order valence-electron chi connectivity index (χ2n) is 9.40. The summed E-state index contributed by atoms with van der Waals surface area (Å²) in [4.78, 5) is 12.0. The van der Waals surface area contributed by atoms with Gasteiger partial charge in [0.1, 0.15) is 0 Å². The first kappa shape index (κ1) is 35.0. The lowest BCUT2D eigenvalue weighted by molar-refractivity contribution is 0.126. The highest BCUT2D eigenvalue weighted by molar-refractivity contribution is 8.13. The zero-order valence-electron chi connectivity index (χ0n) is 22.5. The monoisotopic (exact) mass is 556 g/mol. The van der Waals surface area contributed by atoms with Crippen LogP contribution in [0.1, 0.15) is 116 Å². The number of halogens is 1. The lowest BCUT2D eigenvalue weighted by Gasteiger charge is -2.15. The van der Waals surface area contributed by atoms with Gasteiger partial charge in [-0.3, -0.25) is 4.79 Å². The van der Waals surface area contributed by atoms with Crippen LogP contribution in [0.4, 0.5) is 4.79 Å². The molecule has 6 nitrogen and oxygen atoms in total. The van der Waals surface area contributed by atoms with Crippen LogP contribution in [0.15, 0.2) is 0 Å². The molecule has 0 radical (unpaired) electrons. The first-order chi connectivity index (χ1) is 16.9. The second kappa shape index (κ2) is 25.6. The molecule has 0 heterocycles. The summed E-state index contributed by atoms with van der Waals surface area (Å²) < 4.78 is 31.4. The van der Waals surface area contributed by atoms with Gasteiger partial charge < -0.3 is 10.1 Å². The molecule has 9 heteroatoms. The Morgan fingerprint density at radius 1 is 0.829 bits per heavy atom. The van der Waals surface area contributed by atoms with E-state index in [1.165, 1.54) is 97.0 Å². The average Bonchev–Trinajstić information content (AvgIpc) is 2.84. The number of methoxy groups -OCH3 is 1. The summed E-state index contributed by atoms with van der Waals surface area (Å²) in [5.41, 5.74) is 0. The zero-order valence-corrected chi connectivity index (χ0v) is 24.9. The van der Waals surface area contributed by atoms with Crippen molar-refractivity contribution in [3.63, 3.8) is 0 Å². The largest absolute Gasteiger partial charge is 0.379 e. The molecule has 0 aliphatic heterocycles. The molecule has 0 aromatic carbocycles.